The Labute approximate surface area is 138 Å². The van der Waals surface area contributed by atoms with Gasteiger partial charge in [0.15, 0.2) is 0 Å². The lowest BCUT2D eigenvalue weighted by atomic mass is 10.2. The van der Waals surface area contributed by atoms with Crippen molar-refractivity contribution >= 4 is 33.0 Å². The summed E-state index contributed by atoms with van der Waals surface area (Å²) in [5.41, 5.74) is 0.730. The summed E-state index contributed by atoms with van der Waals surface area (Å²) in [6.45, 7) is 0.849. The Balaban J connectivity index is 1.62. The SMILES string of the molecule is O=S(=O)(Cc1ccc(Cl)cc1)N1CCC(Oc2nccs2)C1. The molecule has 0 spiro atoms. The minimum absolute atomic E-state index is 0.0197. The molecule has 2 heterocycles. The van der Waals surface area contributed by atoms with Crippen molar-refractivity contribution in [3.8, 4) is 5.19 Å². The molecule has 0 saturated carbocycles. The number of thiazole rings is 1. The molecule has 1 aliphatic rings. The van der Waals surface area contributed by atoms with E-state index >= 15 is 0 Å². The summed E-state index contributed by atoms with van der Waals surface area (Å²) in [6, 6.07) is 6.87. The molecule has 2 aromatic rings. The molecule has 5 nitrogen and oxygen atoms in total. The van der Waals surface area contributed by atoms with E-state index in [1.165, 1.54) is 15.6 Å². The number of halogens is 1. The summed E-state index contributed by atoms with van der Waals surface area (Å²) >= 11 is 7.22. The molecule has 1 aliphatic heterocycles. The summed E-state index contributed by atoms with van der Waals surface area (Å²) < 4.78 is 32.1. The number of hydrogen-bond acceptors (Lipinski definition) is 5. The lowest BCUT2D eigenvalue weighted by molar-refractivity contribution is 0.214. The Bertz CT molecular complexity index is 717. The predicted octanol–water partition coefficient (Wildman–Crippen LogP) is 2.78. The van der Waals surface area contributed by atoms with Crippen molar-refractivity contribution in [1.29, 1.82) is 0 Å². The van der Waals surface area contributed by atoms with E-state index in [4.69, 9.17) is 16.3 Å². The minimum Gasteiger partial charge on any atom is -0.465 e. The minimum atomic E-state index is -3.34. The third-order valence-corrected chi connectivity index (χ3v) is 6.17. The fourth-order valence-electron chi connectivity index (χ4n) is 2.34. The number of rotatable bonds is 5. The molecule has 0 N–H and O–H groups in total. The van der Waals surface area contributed by atoms with Crippen LogP contribution in [0.4, 0.5) is 0 Å². The Morgan fingerprint density at radius 3 is 2.82 bits per heavy atom. The number of ether oxygens (including phenoxy) is 1. The average Bonchev–Trinajstić information content (AvgIpc) is 3.14. The van der Waals surface area contributed by atoms with E-state index < -0.39 is 10.0 Å². The van der Waals surface area contributed by atoms with E-state index in [-0.39, 0.29) is 11.9 Å². The fraction of sp³-hybridized carbons (Fsp3) is 0.357. The Hall–Kier alpha value is -1.15. The third-order valence-electron chi connectivity index (χ3n) is 3.44. The molecule has 0 bridgehead atoms. The molecule has 1 aromatic carbocycles. The van der Waals surface area contributed by atoms with Crippen LogP contribution in [0.5, 0.6) is 5.19 Å². The Morgan fingerprint density at radius 1 is 1.36 bits per heavy atom. The van der Waals surface area contributed by atoms with Crippen molar-refractivity contribution in [2.45, 2.75) is 18.3 Å². The lowest BCUT2D eigenvalue weighted by Crippen LogP contribution is -2.32. The van der Waals surface area contributed by atoms with Crippen LogP contribution in [0, 0.1) is 0 Å². The Kier molecular flexibility index (Phi) is 4.67. The highest BCUT2D eigenvalue weighted by molar-refractivity contribution is 7.88. The molecule has 1 unspecified atom stereocenters. The molecule has 118 valence electrons. The van der Waals surface area contributed by atoms with Crippen LogP contribution in [0.1, 0.15) is 12.0 Å². The molecule has 1 saturated heterocycles. The first-order valence-electron chi connectivity index (χ1n) is 6.81. The smallest absolute Gasteiger partial charge is 0.273 e. The maximum atomic E-state index is 12.5. The standard InChI is InChI=1S/C14H15ClN2O3S2/c15-12-3-1-11(2-4-12)10-22(18,19)17-7-5-13(9-17)20-14-16-6-8-21-14/h1-4,6,8,13H,5,7,9-10H2. The van der Waals surface area contributed by atoms with Crippen LogP contribution >= 0.6 is 22.9 Å². The molecular formula is C14H15ClN2O3S2. The molecule has 0 radical (unpaired) electrons. The number of hydrogen-bond donors (Lipinski definition) is 0. The van der Waals surface area contributed by atoms with Crippen LogP contribution in [-0.4, -0.2) is 36.9 Å². The molecule has 0 aliphatic carbocycles. The van der Waals surface area contributed by atoms with E-state index in [1.54, 1.807) is 30.5 Å². The average molecular weight is 359 g/mol. The van der Waals surface area contributed by atoms with Crippen LogP contribution in [0.15, 0.2) is 35.8 Å². The van der Waals surface area contributed by atoms with Crippen LogP contribution in [-0.2, 0) is 15.8 Å². The van der Waals surface area contributed by atoms with Gasteiger partial charge in [0.05, 0.1) is 12.3 Å². The maximum absolute atomic E-state index is 12.5. The van der Waals surface area contributed by atoms with E-state index in [9.17, 15) is 8.42 Å². The van der Waals surface area contributed by atoms with Gasteiger partial charge in [-0.15, -0.1) is 0 Å². The summed E-state index contributed by atoms with van der Waals surface area (Å²) in [5.74, 6) is -0.0197. The second-order valence-corrected chi connectivity index (χ2v) is 8.33. The number of nitrogens with zero attached hydrogens (tertiary/aromatic N) is 2. The first kappa shape index (κ1) is 15.7. The van der Waals surface area contributed by atoms with Gasteiger partial charge in [-0.3, -0.25) is 0 Å². The second kappa shape index (κ2) is 6.54. The first-order chi connectivity index (χ1) is 10.5. The molecule has 1 fully saturated rings. The van der Waals surface area contributed by atoms with Gasteiger partial charge in [-0.05, 0) is 24.1 Å². The highest BCUT2D eigenvalue weighted by atomic mass is 35.5. The van der Waals surface area contributed by atoms with Crippen molar-refractivity contribution in [3.63, 3.8) is 0 Å². The van der Waals surface area contributed by atoms with E-state index in [0.717, 1.165) is 5.56 Å². The third kappa shape index (κ3) is 3.78. The van der Waals surface area contributed by atoms with Gasteiger partial charge in [0.25, 0.3) is 5.19 Å². The summed E-state index contributed by atoms with van der Waals surface area (Å²) in [7, 11) is -3.34. The van der Waals surface area contributed by atoms with E-state index in [0.29, 0.717) is 29.7 Å². The fourth-order valence-corrected chi connectivity index (χ4v) is 4.59. The van der Waals surface area contributed by atoms with Crippen molar-refractivity contribution < 1.29 is 13.2 Å². The van der Waals surface area contributed by atoms with Gasteiger partial charge in [-0.1, -0.05) is 35.1 Å². The number of aromatic nitrogens is 1. The second-order valence-electron chi connectivity index (χ2n) is 5.07. The maximum Gasteiger partial charge on any atom is 0.273 e. The zero-order valence-electron chi connectivity index (χ0n) is 11.7. The molecule has 1 aromatic heterocycles. The van der Waals surface area contributed by atoms with E-state index in [2.05, 4.69) is 4.98 Å². The molecular weight excluding hydrogens is 344 g/mol. The van der Waals surface area contributed by atoms with Gasteiger partial charge < -0.3 is 4.74 Å². The van der Waals surface area contributed by atoms with Gasteiger partial charge >= 0.3 is 0 Å². The quantitative estimate of drug-likeness (QED) is 0.824. The van der Waals surface area contributed by atoms with Crippen LogP contribution < -0.4 is 4.74 Å². The van der Waals surface area contributed by atoms with Crippen molar-refractivity contribution in [1.82, 2.24) is 9.29 Å². The predicted molar refractivity (Wildman–Crippen MR) is 86.8 cm³/mol. The van der Waals surface area contributed by atoms with Gasteiger partial charge in [0, 0.05) is 23.1 Å². The molecule has 0 amide bonds. The number of sulfonamides is 1. The van der Waals surface area contributed by atoms with Crippen molar-refractivity contribution in [2.75, 3.05) is 13.1 Å². The van der Waals surface area contributed by atoms with Gasteiger partial charge in [-0.2, -0.15) is 4.31 Å². The van der Waals surface area contributed by atoms with Gasteiger partial charge in [0.1, 0.15) is 6.10 Å². The van der Waals surface area contributed by atoms with Crippen molar-refractivity contribution in [3.05, 3.63) is 46.4 Å². The monoisotopic (exact) mass is 358 g/mol. The number of benzene rings is 1. The lowest BCUT2D eigenvalue weighted by Gasteiger charge is -2.16. The molecule has 8 heteroatoms. The van der Waals surface area contributed by atoms with Crippen LogP contribution in [0.2, 0.25) is 5.02 Å². The largest absolute Gasteiger partial charge is 0.465 e. The zero-order chi connectivity index (χ0) is 15.6. The van der Waals surface area contributed by atoms with E-state index in [1.807, 2.05) is 5.38 Å². The highest BCUT2D eigenvalue weighted by Crippen LogP contribution is 2.23. The van der Waals surface area contributed by atoms with Gasteiger partial charge in [0.2, 0.25) is 10.0 Å². The topological polar surface area (TPSA) is 59.5 Å². The summed E-state index contributed by atoms with van der Waals surface area (Å²) in [6.07, 6.45) is 2.22. The normalized spacial score (nSPS) is 19.4. The van der Waals surface area contributed by atoms with Gasteiger partial charge in [-0.25, -0.2) is 13.4 Å². The van der Waals surface area contributed by atoms with Crippen LogP contribution in [0.3, 0.4) is 0 Å². The highest BCUT2D eigenvalue weighted by Gasteiger charge is 2.32. The van der Waals surface area contributed by atoms with Crippen molar-refractivity contribution in [2.24, 2.45) is 0 Å². The molecule has 22 heavy (non-hydrogen) atoms. The summed E-state index contributed by atoms with van der Waals surface area (Å²) in [4.78, 5) is 4.06. The first-order valence-corrected chi connectivity index (χ1v) is 9.68. The zero-order valence-corrected chi connectivity index (χ0v) is 14.1. The molecule has 1 atom stereocenters. The molecule has 3 rings (SSSR count). The summed E-state index contributed by atoms with van der Waals surface area (Å²) in [5, 5.41) is 3.01. The van der Waals surface area contributed by atoms with Crippen LogP contribution in [0.25, 0.3) is 0 Å². The Morgan fingerprint density at radius 2 is 2.14 bits per heavy atom.